The third kappa shape index (κ3) is 2.08. The molecule has 2 heterocycles. The summed E-state index contributed by atoms with van der Waals surface area (Å²) >= 11 is 5.83. The molecule has 112 valence electrons. The quantitative estimate of drug-likeness (QED) is 0.842. The second-order valence-corrected chi connectivity index (χ2v) is 5.20. The van der Waals surface area contributed by atoms with Gasteiger partial charge in [-0.25, -0.2) is 27.9 Å². The molecular weight excluding hydrogens is 301 g/mol. The van der Waals surface area contributed by atoms with Gasteiger partial charge in [-0.05, 0) is 18.9 Å². The van der Waals surface area contributed by atoms with Gasteiger partial charge in [0.2, 0.25) is 0 Å². The molecule has 1 aromatic carbocycles. The Balaban J connectivity index is 2.29. The van der Waals surface area contributed by atoms with Crippen molar-refractivity contribution in [2.75, 3.05) is 7.11 Å². The van der Waals surface area contributed by atoms with Gasteiger partial charge >= 0.3 is 11.4 Å². The molecule has 0 amide bonds. The zero-order chi connectivity index (χ0) is 15.1. The molecular formula is C13H13ClFN3O3. The molecule has 0 spiro atoms. The Morgan fingerprint density at radius 2 is 1.71 bits per heavy atom. The molecule has 0 fully saturated rings. The van der Waals surface area contributed by atoms with Crippen molar-refractivity contribution in [2.24, 2.45) is 0 Å². The third-order valence-corrected chi connectivity index (χ3v) is 3.86. The van der Waals surface area contributed by atoms with Crippen LogP contribution in [-0.4, -0.2) is 21.0 Å². The largest absolute Gasteiger partial charge is 0.495 e. The fourth-order valence-electron chi connectivity index (χ4n) is 2.53. The van der Waals surface area contributed by atoms with Crippen LogP contribution in [0.15, 0.2) is 21.7 Å². The van der Waals surface area contributed by atoms with Crippen LogP contribution in [0.2, 0.25) is 5.02 Å². The van der Waals surface area contributed by atoms with E-state index in [-0.39, 0.29) is 16.5 Å². The SMILES string of the molecule is COc1cc(-n2c(=O)n3n(c2=O)CCCC3)c(F)cc1Cl. The molecule has 1 aliphatic heterocycles. The highest BCUT2D eigenvalue weighted by Crippen LogP contribution is 2.28. The first-order valence-corrected chi connectivity index (χ1v) is 6.88. The van der Waals surface area contributed by atoms with Gasteiger partial charge in [0.1, 0.15) is 11.6 Å². The molecule has 8 heteroatoms. The van der Waals surface area contributed by atoms with Crippen molar-refractivity contribution >= 4 is 11.6 Å². The highest BCUT2D eigenvalue weighted by molar-refractivity contribution is 6.32. The minimum Gasteiger partial charge on any atom is -0.495 e. The Labute approximate surface area is 123 Å². The van der Waals surface area contributed by atoms with Crippen molar-refractivity contribution in [1.82, 2.24) is 13.9 Å². The van der Waals surface area contributed by atoms with Crippen LogP contribution in [0.4, 0.5) is 4.39 Å². The van der Waals surface area contributed by atoms with Gasteiger partial charge in [-0.15, -0.1) is 0 Å². The lowest BCUT2D eigenvalue weighted by Crippen LogP contribution is -2.30. The van der Waals surface area contributed by atoms with Crippen molar-refractivity contribution in [1.29, 1.82) is 0 Å². The number of halogens is 2. The van der Waals surface area contributed by atoms with Gasteiger partial charge < -0.3 is 4.74 Å². The first kappa shape index (κ1) is 13.9. The fraction of sp³-hybridized carbons (Fsp3) is 0.385. The molecule has 0 saturated carbocycles. The maximum Gasteiger partial charge on any atom is 0.351 e. The first-order valence-electron chi connectivity index (χ1n) is 6.50. The topological polar surface area (TPSA) is 58.2 Å². The highest BCUT2D eigenvalue weighted by Gasteiger charge is 2.22. The lowest BCUT2D eigenvalue weighted by atomic mass is 10.3. The molecule has 0 radical (unpaired) electrons. The highest BCUT2D eigenvalue weighted by atomic mass is 35.5. The second kappa shape index (κ2) is 5.07. The summed E-state index contributed by atoms with van der Waals surface area (Å²) in [6.07, 6.45) is 1.63. The molecule has 1 aliphatic rings. The molecule has 0 saturated heterocycles. The average molecular weight is 314 g/mol. The van der Waals surface area contributed by atoms with E-state index in [9.17, 15) is 14.0 Å². The second-order valence-electron chi connectivity index (χ2n) is 4.79. The van der Waals surface area contributed by atoms with E-state index in [0.717, 1.165) is 23.5 Å². The summed E-state index contributed by atoms with van der Waals surface area (Å²) in [7, 11) is 1.38. The maximum atomic E-state index is 14.1. The predicted molar refractivity (Wildman–Crippen MR) is 75.0 cm³/mol. The molecule has 21 heavy (non-hydrogen) atoms. The number of fused-ring (bicyclic) bond motifs is 1. The van der Waals surface area contributed by atoms with Gasteiger partial charge in [0.15, 0.2) is 0 Å². The van der Waals surface area contributed by atoms with Gasteiger partial charge in [-0.3, -0.25) is 0 Å². The van der Waals surface area contributed by atoms with Crippen LogP contribution in [0.3, 0.4) is 0 Å². The van der Waals surface area contributed by atoms with Gasteiger partial charge in [-0.1, -0.05) is 11.6 Å². The van der Waals surface area contributed by atoms with E-state index in [1.165, 1.54) is 22.5 Å². The molecule has 6 nitrogen and oxygen atoms in total. The molecule has 3 rings (SSSR count). The number of benzene rings is 1. The minimum absolute atomic E-state index is 0.0795. The third-order valence-electron chi connectivity index (χ3n) is 3.57. The van der Waals surface area contributed by atoms with Crippen molar-refractivity contribution in [2.45, 2.75) is 25.9 Å². The van der Waals surface area contributed by atoms with E-state index in [1.807, 2.05) is 0 Å². The van der Waals surface area contributed by atoms with Gasteiger partial charge in [-0.2, -0.15) is 0 Å². The van der Waals surface area contributed by atoms with E-state index in [0.29, 0.717) is 13.1 Å². The average Bonchev–Trinajstić information content (AvgIpc) is 2.72. The van der Waals surface area contributed by atoms with E-state index in [4.69, 9.17) is 16.3 Å². The number of rotatable bonds is 2. The summed E-state index contributed by atoms with van der Waals surface area (Å²) in [5.41, 5.74) is -1.26. The Kier molecular flexibility index (Phi) is 3.36. The van der Waals surface area contributed by atoms with Gasteiger partial charge in [0.05, 0.1) is 17.8 Å². The zero-order valence-corrected chi connectivity index (χ0v) is 12.1. The monoisotopic (exact) mass is 313 g/mol. The number of nitrogens with zero attached hydrogens (tertiary/aromatic N) is 3. The van der Waals surface area contributed by atoms with Crippen molar-refractivity contribution < 1.29 is 9.13 Å². The first-order chi connectivity index (χ1) is 10.0. The zero-order valence-electron chi connectivity index (χ0n) is 11.3. The van der Waals surface area contributed by atoms with E-state index >= 15 is 0 Å². The summed E-state index contributed by atoms with van der Waals surface area (Å²) in [4.78, 5) is 24.7. The Morgan fingerprint density at radius 1 is 1.14 bits per heavy atom. The van der Waals surface area contributed by atoms with Crippen LogP contribution < -0.4 is 16.1 Å². The normalized spacial score (nSPS) is 14.0. The standard InChI is InChI=1S/C13H13ClFN3O3/c1-21-11-7-10(9(15)6-8(11)14)18-12(19)16-4-2-3-5-17(16)13(18)20/h6-7H,2-5H2,1H3. The predicted octanol–water partition coefficient (Wildman–Crippen LogP) is 1.40. The van der Waals surface area contributed by atoms with E-state index in [2.05, 4.69) is 0 Å². The summed E-state index contributed by atoms with van der Waals surface area (Å²) in [6.45, 7) is 0.904. The van der Waals surface area contributed by atoms with E-state index in [1.54, 1.807) is 0 Å². The smallest absolute Gasteiger partial charge is 0.351 e. The molecule has 0 N–H and O–H groups in total. The number of hydrogen-bond donors (Lipinski definition) is 0. The van der Waals surface area contributed by atoms with Crippen LogP contribution in [0.25, 0.3) is 5.69 Å². The summed E-state index contributed by atoms with van der Waals surface area (Å²) in [5.74, 6) is -0.544. The van der Waals surface area contributed by atoms with Crippen molar-refractivity contribution in [3.63, 3.8) is 0 Å². The Bertz CT molecular complexity index is 784. The number of hydrogen-bond acceptors (Lipinski definition) is 3. The maximum absolute atomic E-state index is 14.1. The number of methoxy groups -OCH3 is 1. The van der Waals surface area contributed by atoms with Crippen LogP contribution in [0.5, 0.6) is 5.75 Å². The number of aromatic nitrogens is 3. The van der Waals surface area contributed by atoms with Crippen LogP contribution >= 0.6 is 11.6 Å². The number of ether oxygens (including phenoxy) is 1. The molecule has 0 bridgehead atoms. The van der Waals surface area contributed by atoms with Crippen molar-refractivity contribution in [3.05, 3.63) is 43.9 Å². The molecule has 0 unspecified atom stereocenters. The van der Waals surface area contributed by atoms with Crippen LogP contribution in [-0.2, 0) is 13.1 Å². The summed E-state index contributed by atoms with van der Waals surface area (Å²) < 4.78 is 22.6. The fourth-order valence-corrected chi connectivity index (χ4v) is 2.75. The molecule has 0 atom stereocenters. The van der Waals surface area contributed by atoms with Gasteiger partial charge in [0.25, 0.3) is 0 Å². The van der Waals surface area contributed by atoms with Crippen molar-refractivity contribution in [3.8, 4) is 11.4 Å². The Hall–Kier alpha value is -2.02. The minimum atomic E-state index is -0.747. The van der Waals surface area contributed by atoms with Crippen LogP contribution in [0.1, 0.15) is 12.8 Å². The Morgan fingerprint density at radius 3 is 2.24 bits per heavy atom. The lowest BCUT2D eigenvalue weighted by Gasteiger charge is -2.13. The molecule has 1 aromatic heterocycles. The van der Waals surface area contributed by atoms with Gasteiger partial charge in [0, 0.05) is 19.2 Å². The molecule has 2 aromatic rings. The summed E-state index contributed by atoms with van der Waals surface area (Å²) in [5, 5.41) is 0.0795. The van der Waals surface area contributed by atoms with Crippen LogP contribution in [0, 0.1) is 5.82 Å². The van der Waals surface area contributed by atoms with E-state index < -0.39 is 17.2 Å². The molecule has 0 aliphatic carbocycles. The summed E-state index contributed by atoms with van der Waals surface area (Å²) in [6, 6.07) is 2.29. The lowest BCUT2D eigenvalue weighted by molar-refractivity contribution is 0.348.